The van der Waals surface area contributed by atoms with Crippen LogP contribution in [0, 0.1) is 6.92 Å². The van der Waals surface area contributed by atoms with E-state index in [4.69, 9.17) is 0 Å². The van der Waals surface area contributed by atoms with E-state index >= 15 is 0 Å². The summed E-state index contributed by atoms with van der Waals surface area (Å²) >= 11 is 0. The van der Waals surface area contributed by atoms with Gasteiger partial charge in [0.2, 0.25) is 0 Å². The van der Waals surface area contributed by atoms with Gasteiger partial charge < -0.3 is 14.9 Å². The summed E-state index contributed by atoms with van der Waals surface area (Å²) in [5.41, 5.74) is 6.41. The van der Waals surface area contributed by atoms with E-state index in [1.807, 2.05) is 25.1 Å². The Morgan fingerprint density at radius 1 is 1.20 bits per heavy atom. The third-order valence-corrected chi connectivity index (χ3v) is 5.82. The van der Waals surface area contributed by atoms with Crippen LogP contribution in [0.15, 0.2) is 30.3 Å². The summed E-state index contributed by atoms with van der Waals surface area (Å²) in [4.78, 5) is 18.5. The molecule has 0 amide bonds. The summed E-state index contributed by atoms with van der Waals surface area (Å²) in [5.74, 6) is 0.871. The van der Waals surface area contributed by atoms with Crippen LogP contribution in [0.4, 0.5) is 0 Å². The fraction of sp³-hybridized carbons (Fsp3) is 0.400. The fourth-order valence-corrected chi connectivity index (χ4v) is 4.67. The third-order valence-electron chi connectivity index (χ3n) is 5.05. The predicted octanol–water partition coefficient (Wildman–Crippen LogP) is 4.58. The Morgan fingerprint density at radius 3 is 2.56 bits per heavy atom. The number of benzene rings is 2. The molecule has 0 aliphatic heterocycles. The Kier molecular flexibility index (Phi) is 4.80. The molecule has 0 fully saturated rings. The smallest absolute Gasteiger partial charge is 0.329 e. The van der Waals surface area contributed by atoms with Gasteiger partial charge in [0.15, 0.2) is 0 Å². The molecular formula is C20H25O4P. The van der Waals surface area contributed by atoms with E-state index in [9.17, 15) is 19.5 Å². The summed E-state index contributed by atoms with van der Waals surface area (Å²) in [5, 5.41) is 10.1. The van der Waals surface area contributed by atoms with Crippen molar-refractivity contribution in [2.75, 3.05) is 0 Å². The highest BCUT2D eigenvalue weighted by Gasteiger charge is 2.28. The van der Waals surface area contributed by atoms with E-state index in [0.29, 0.717) is 11.3 Å². The monoisotopic (exact) mass is 360 g/mol. The van der Waals surface area contributed by atoms with Crippen LogP contribution in [0.5, 0.6) is 5.75 Å². The average Bonchev–Trinajstić information content (AvgIpc) is 2.90. The molecule has 25 heavy (non-hydrogen) atoms. The molecule has 2 aromatic carbocycles. The van der Waals surface area contributed by atoms with E-state index in [2.05, 4.69) is 19.9 Å². The molecule has 0 saturated carbocycles. The second-order valence-corrected chi connectivity index (χ2v) is 9.02. The molecule has 0 radical (unpaired) electrons. The second-order valence-electron chi connectivity index (χ2n) is 7.37. The molecule has 0 heterocycles. The molecule has 0 bridgehead atoms. The minimum atomic E-state index is -4.06. The maximum atomic E-state index is 11.3. The van der Waals surface area contributed by atoms with Gasteiger partial charge in [-0.05, 0) is 65.1 Å². The van der Waals surface area contributed by atoms with Crippen LogP contribution in [0.25, 0.3) is 0 Å². The van der Waals surface area contributed by atoms with Crippen LogP contribution in [-0.4, -0.2) is 14.9 Å². The molecule has 0 aromatic heterocycles. The lowest BCUT2D eigenvalue weighted by Crippen LogP contribution is -2.02. The van der Waals surface area contributed by atoms with Gasteiger partial charge in [-0.2, -0.15) is 0 Å². The lowest BCUT2D eigenvalue weighted by atomic mass is 9.87. The maximum absolute atomic E-state index is 11.3. The molecular weight excluding hydrogens is 335 g/mol. The standard InChI is InChI=1S/C20H25O4P/c1-12(2)18-10-15(5-7-19(18)21)17-6-4-16-9-14(11-25(22,23)24)8-13(3)20(16)17/h5,7-10,12,17,21H,4,6,11H2,1-3H3,(H2,22,23,24)/t17-/m1/s1. The number of hydrogen-bond acceptors (Lipinski definition) is 2. The molecule has 0 spiro atoms. The molecule has 134 valence electrons. The Bertz CT molecular complexity index is 851. The Hall–Kier alpha value is -1.61. The van der Waals surface area contributed by atoms with Crippen molar-refractivity contribution in [3.63, 3.8) is 0 Å². The van der Waals surface area contributed by atoms with Crippen molar-refractivity contribution < 1.29 is 19.5 Å². The lowest BCUT2D eigenvalue weighted by molar-refractivity contribution is 0.371. The van der Waals surface area contributed by atoms with Crippen molar-refractivity contribution in [1.29, 1.82) is 0 Å². The van der Waals surface area contributed by atoms with Crippen LogP contribution >= 0.6 is 7.60 Å². The van der Waals surface area contributed by atoms with Gasteiger partial charge in [0.25, 0.3) is 0 Å². The van der Waals surface area contributed by atoms with Gasteiger partial charge in [0.1, 0.15) is 5.75 Å². The van der Waals surface area contributed by atoms with Crippen molar-refractivity contribution in [3.8, 4) is 5.75 Å². The van der Waals surface area contributed by atoms with Gasteiger partial charge in [-0.1, -0.05) is 38.1 Å². The van der Waals surface area contributed by atoms with Crippen molar-refractivity contribution >= 4 is 7.60 Å². The lowest BCUT2D eigenvalue weighted by Gasteiger charge is -2.18. The van der Waals surface area contributed by atoms with E-state index in [1.54, 1.807) is 6.07 Å². The first kappa shape index (κ1) is 18.2. The largest absolute Gasteiger partial charge is 0.508 e. The van der Waals surface area contributed by atoms with Crippen molar-refractivity contribution in [2.45, 2.75) is 51.6 Å². The van der Waals surface area contributed by atoms with Crippen LogP contribution in [-0.2, 0) is 17.1 Å². The molecule has 1 aliphatic carbocycles. The first-order valence-electron chi connectivity index (χ1n) is 8.65. The molecule has 3 rings (SSSR count). The number of fused-ring (bicyclic) bond motifs is 1. The average molecular weight is 360 g/mol. The summed E-state index contributed by atoms with van der Waals surface area (Å²) < 4.78 is 11.3. The van der Waals surface area contributed by atoms with E-state index in [0.717, 1.165) is 24.0 Å². The van der Waals surface area contributed by atoms with Crippen molar-refractivity contribution in [2.24, 2.45) is 0 Å². The quantitative estimate of drug-likeness (QED) is 0.698. The van der Waals surface area contributed by atoms with Gasteiger partial charge >= 0.3 is 7.60 Å². The van der Waals surface area contributed by atoms with Crippen LogP contribution in [0.1, 0.15) is 65.5 Å². The van der Waals surface area contributed by atoms with E-state index < -0.39 is 7.60 Å². The molecule has 0 saturated heterocycles. The topological polar surface area (TPSA) is 77.8 Å². The molecule has 5 heteroatoms. The van der Waals surface area contributed by atoms with E-state index in [1.165, 1.54) is 16.7 Å². The van der Waals surface area contributed by atoms with Crippen LogP contribution in [0.3, 0.4) is 0 Å². The Balaban J connectivity index is 2.00. The summed E-state index contributed by atoms with van der Waals surface area (Å²) in [6.07, 6.45) is 1.69. The molecule has 1 atom stereocenters. The van der Waals surface area contributed by atoms with Crippen LogP contribution in [0.2, 0.25) is 0 Å². The van der Waals surface area contributed by atoms with Gasteiger partial charge in [0.05, 0.1) is 6.16 Å². The summed E-state index contributed by atoms with van der Waals surface area (Å²) in [6, 6.07) is 9.72. The van der Waals surface area contributed by atoms with Crippen LogP contribution < -0.4 is 0 Å². The van der Waals surface area contributed by atoms with Crippen molar-refractivity contribution in [1.82, 2.24) is 0 Å². The zero-order valence-electron chi connectivity index (χ0n) is 14.9. The minimum Gasteiger partial charge on any atom is -0.508 e. The second kappa shape index (κ2) is 6.60. The number of phenolic OH excluding ortho intramolecular Hbond substituents is 1. The van der Waals surface area contributed by atoms with Gasteiger partial charge in [-0.15, -0.1) is 0 Å². The Morgan fingerprint density at radius 2 is 1.92 bits per heavy atom. The molecule has 4 nitrogen and oxygen atoms in total. The SMILES string of the molecule is Cc1cc(CP(=O)(O)O)cc2c1[C@@H](c1ccc(O)c(C(C)C)c1)CC2. The zero-order valence-corrected chi connectivity index (χ0v) is 15.8. The Labute approximate surface area is 148 Å². The maximum Gasteiger partial charge on any atom is 0.329 e. The number of rotatable bonds is 4. The third kappa shape index (κ3) is 3.82. The summed E-state index contributed by atoms with van der Waals surface area (Å²) in [6.45, 7) is 6.16. The predicted molar refractivity (Wildman–Crippen MR) is 99.3 cm³/mol. The normalized spacial score (nSPS) is 17.1. The van der Waals surface area contributed by atoms with Gasteiger partial charge in [-0.3, -0.25) is 4.57 Å². The first-order chi connectivity index (χ1) is 11.7. The molecule has 0 unspecified atom stereocenters. The highest BCUT2D eigenvalue weighted by molar-refractivity contribution is 7.50. The molecule has 1 aliphatic rings. The number of hydrogen-bond donors (Lipinski definition) is 3. The highest BCUT2D eigenvalue weighted by Crippen LogP contribution is 2.45. The molecule has 2 aromatic rings. The zero-order chi connectivity index (χ0) is 18.4. The number of aryl methyl sites for hydroxylation is 2. The van der Waals surface area contributed by atoms with Gasteiger partial charge in [0, 0.05) is 5.92 Å². The van der Waals surface area contributed by atoms with Gasteiger partial charge in [-0.25, -0.2) is 0 Å². The number of phenols is 1. The fourth-order valence-electron chi connectivity index (χ4n) is 4.02. The first-order valence-corrected chi connectivity index (χ1v) is 10.4. The van der Waals surface area contributed by atoms with Crippen molar-refractivity contribution in [3.05, 3.63) is 63.7 Å². The highest BCUT2D eigenvalue weighted by atomic mass is 31.2. The number of aromatic hydroxyl groups is 1. The van der Waals surface area contributed by atoms with E-state index in [-0.39, 0.29) is 18.0 Å². The summed E-state index contributed by atoms with van der Waals surface area (Å²) in [7, 11) is -4.06. The molecule has 3 N–H and O–H groups in total. The minimum absolute atomic E-state index is 0.206.